The minimum absolute atomic E-state index is 0.255. The third-order valence-electron chi connectivity index (χ3n) is 5.44. The van der Waals surface area contributed by atoms with Crippen molar-refractivity contribution < 1.29 is 19.0 Å². The summed E-state index contributed by atoms with van der Waals surface area (Å²) in [6, 6.07) is 8.91. The lowest BCUT2D eigenvalue weighted by Crippen LogP contribution is -2.45. The highest BCUT2D eigenvalue weighted by molar-refractivity contribution is 5.95. The quantitative estimate of drug-likeness (QED) is 0.679. The van der Waals surface area contributed by atoms with E-state index in [1.165, 1.54) is 16.8 Å². The lowest BCUT2D eigenvalue weighted by atomic mass is 10.1. The number of aromatic nitrogens is 2. The highest BCUT2D eigenvalue weighted by Gasteiger charge is 2.51. The van der Waals surface area contributed by atoms with Gasteiger partial charge in [0.25, 0.3) is 11.5 Å². The maximum atomic E-state index is 13.3. The zero-order valence-electron chi connectivity index (χ0n) is 18.9. The van der Waals surface area contributed by atoms with Gasteiger partial charge in [0.1, 0.15) is 12.2 Å². The molecule has 1 aromatic heterocycles. The molecule has 4 rings (SSSR count). The average molecular weight is 440 g/mol. The maximum Gasteiger partial charge on any atom is 0.338 e. The van der Waals surface area contributed by atoms with Gasteiger partial charge in [-0.3, -0.25) is 14.2 Å². The van der Waals surface area contributed by atoms with E-state index in [0.717, 1.165) is 5.57 Å². The lowest BCUT2D eigenvalue weighted by Gasteiger charge is -2.23. The standard InChI is InChI=1S/C24H28N2O6/c1-23(2,3)30-14-16-13-17(20-19(16)31-24(4,5)32-20)25-12-11-18(27)26(22(25)29)21(28)15-9-7-6-8-10-15/h6-13,17,19-20H,14H2,1-5H3/t17-,19-,20+/m0/s1. The Morgan fingerprint density at radius 1 is 1.09 bits per heavy atom. The molecule has 1 aliphatic carbocycles. The van der Waals surface area contributed by atoms with Crippen LogP contribution in [-0.2, 0) is 14.2 Å². The lowest BCUT2D eigenvalue weighted by molar-refractivity contribution is -0.148. The molecule has 1 aromatic carbocycles. The Morgan fingerprint density at radius 3 is 2.44 bits per heavy atom. The van der Waals surface area contributed by atoms with Crippen molar-refractivity contribution in [3.8, 4) is 0 Å². The molecular weight excluding hydrogens is 412 g/mol. The first-order chi connectivity index (χ1) is 15.0. The molecule has 8 nitrogen and oxygen atoms in total. The van der Waals surface area contributed by atoms with Gasteiger partial charge < -0.3 is 14.2 Å². The molecule has 8 heteroatoms. The van der Waals surface area contributed by atoms with Crippen LogP contribution >= 0.6 is 0 Å². The summed E-state index contributed by atoms with van der Waals surface area (Å²) in [6.07, 6.45) is 2.40. The summed E-state index contributed by atoms with van der Waals surface area (Å²) in [5.41, 5.74) is -0.642. The molecule has 0 radical (unpaired) electrons. The SMILES string of the molecule is CC(C)(C)OCC1=C[C@H](n2ccc(=O)n(C(=O)c3ccccc3)c2=O)[C@H]2OC(C)(C)O[C@@H]12. The van der Waals surface area contributed by atoms with Crippen molar-refractivity contribution in [2.75, 3.05) is 6.61 Å². The van der Waals surface area contributed by atoms with Gasteiger partial charge in [-0.15, -0.1) is 0 Å². The van der Waals surface area contributed by atoms with Crippen LogP contribution in [0.1, 0.15) is 51.0 Å². The van der Waals surface area contributed by atoms with E-state index in [1.807, 2.05) is 40.7 Å². The first kappa shape index (κ1) is 22.4. The Kier molecular flexibility index (Phi) is 5.56. The minimum atomic E-state index is -0.841. The highest BCUT2D eigenvalue weighted by Crippen LogP contribution is 2.43. The number of hydrogen-bond donors (Lipinski definition) is 0. The predicted molar refractivity (Wildman–Crippen MR) is 118 cm³/mol. The monoisotopic (exact) mass is 440 g/mol. The Balaban J connectivity index is 1.75. The number of rotatable bonds is 4. The van der Waals surface area contributed by atoms with Gasteiger partial charge >= 0.3 is 5.69 Å². The highest BCUT2D eigenvalue weighted by atomic mass is 16.8. The summed E-state index contributed by atoms with van der Waals surface area (Å²) in [6.45, 7) is 9.83. The van der Waals surface area contributed by atoms with Crippen LogP contribution in [0.4, 0.5) is 0 Å². The molecule has 0 unspecified atom stereocenters. The summed E-state index contributed by atoms with van der Waals surface area (Å²) in [5, 5.41) is 0. The van der Waals surface area contributed by atoms with E-state index in [0.29, 0.717) is 11.2 Å². The van der Waals surface area contributed by atoms with E-state index in [4.69, 9.17) is 14.2 Å². The van der Waals surface area contributed by atoms with Crippen molar-refractivity contribution in [2.45, 2.75) is 64.3 Å². The van der Waals surface area contributed by atoms with E-state index in [-0.39, 0.29) is 11.2 Å². The largest absolute Gasteiger partial charge is 0.371 e. The second kappa shape index (κ2) is 7.95. The molecule has 1 aliphatic heterocycles. The third-order valence-corrected chi connectivity index (χ3v) is 5.44. The molecule has 2 heterocycles. The van der Waals surface area contributed by atoms with Gasteiger partial charge in [-0.05, 0) is 52.3 Å². The zero-order chi connectivity index (χ0) is 23.3. The normalized spacial score (nSPS) is 24.3. The van der Waals surface area contributed by atoms with Crippen molar-refractivity contribution in [1.29, 1.82) is 0 Å². The smallest absolute Gasteiger partial charge is 0.338 e. The van der Waals surface area contributed by atoms with Crippen LogP contribution in [0.3, 0.4) is 0 Å². The summed E-state index contributed by atoms with van der Waals surface area (Å²) in [7, 11) is 0. The molecule has 32 heavy (non-hydrogen) atoms. The molecule has 1 saturated heterocycles. The van der Waals surface area contributed by atoms with Gasteiger partial charge in [-0.2, -0.15) is 4.57 Å². The van der Waals surface area contributed by atoms with Crippen molar-refractivity contribution >= 4 is 5.91 Å². The number of fused-ring (bicyclic) bond motifs is 1. The van der Waals surface area contributed by atoms with Crippen LogP contribution in [0.15, 0.2) is 63.8 Å². The molecule has 2 aromatic rings. The molecular formula is C24H28N2O6. The second-order valence-corrected chi connectivity index (χ2v) is 9.50. The van der Waals surface area contributed by atoms with Crippen molar-refractivity contribution in [1.82, 2.24) is 9.13 Å². The second-order valence-electron chi connectivity index (χ2n) is 9.50. The topological polar surface area (TPSA) is 88.8 Å². The summed E-state index contributed by atoms with van der Waals surface area (Å²) < 4.78 is 20.2. The Labute approximate surface area is 186 Å². The first-order valence-electron chi connectivity index (χ1n) is 10.6. The summed E-state index contributed by atoms with van der Waals surface area (Å²) >= 11 is 0. The third kappa shape index (κ3) is 4.26. The zero-order valence-corrected chi connectivity index (χ0v) is 18.9. The van der Waals surface area contributed by atoms with Crippen LogP contribution in [0.25, 0.3) is 0 Å². The average Bonchev–Trinajstić information content (AvgIpc) is 3.20. The van der Waals surface area contributed by atoms with Gasteiger partial charge in [0, 0.05) is 17.8 Å². The predicted octanol–water partition coefficient (Wildman–Crippen LogP) is 2.51. The van der Waals surface area contributed by atoms with Gasteiger partial charge in [-0.1, -0.05) is 24.3 Å². The van der Waals surface area contributed by atoms with Crippen LogP contribution in [0.2, 0.25) is 0 Å². The van der Waals surface area contributed by atoms with E-state index in [1.54, 1.807) is 30.3 Å². The van der Waals surface area contributed by atoms with Gasteiger partial charge in [0.15, 0.2) is 5.79 Å². The van der Waals surface area contributed by atoms with E-state index >= 15 is 0 Å². The van der Waals surface area contributed by atoms with Gasteiger partial charge in [-0.25, -0.2) is 4.79 Å². The number of hydrogen-bond acceptors (Lipinski definition) is 6. The fourth-order valence-corrected chi connectivity index (χ4v) is 4.02. The van der Waals surface area contributed by atoms with Crippen molar-refractivity contribution in [2.24, 2.45) is 0 Å². The molecule has 0 N–H and O–H groups in total. The number of benzene rings is 1. The molecule has 0 spiro atoms. The number of ether oxygens (including phenoxy) is 3. The first-order valence-corrected chi connectivity index (χ1v) is 10.6. The molecule has 2 aliphatic rings. The van der Waals surface area contributed by atoms with E-state index in [2.05, 4.69) is 0 Å². The summed E-state index contributed by atoms with van der Waals surface area (Å²) in [4.78, 5) is 38.7. The molecule has 1 fully saturated rings. The van der Waals surface area contributed by atoms with Crippen LogP contribution in [-0.4, -0.2) is 45.2 Å². The number of carbonyl (C=O) groups excluding carboxylic acids is 1. The maximum absolute atomic E-state index is 13.3. The van der Waals surface area contributed by atoms with Crippen molar-refractivity contribution in [3.63, 3.8) is 0 Å². The van der Waals surface area contributed by atoms with Gasteiger partial charge in [0.05, 0.1) is 18.2 Å². The Morgan fingerprint density at radius 2 is 1.78 bits per heavy atom. The van der Waals surface area contributed by atoms with Crippen LogP contribution in [0.5, 0.6) is 0 Å². The minimum Gasteiger partial charge on any atom is -0.371 e. The number of nitrogens with zero attached hydrogens (tertiary/aromatic N) is 2. The van der Waals surface area contributed by atoms with Crippen LogP contribution < -0.4 is 11.2 Å². The van der Waals surface area contributed by atoms with Crippen molar-refractivity contribution in [3.05, 3.63) is 80.6 Å². The number of carbonyl (C=O) groups is 1. The van der Waals surface area contributed by atoms with Gasteiger partial charge in [0.2, 0.25) is 0 Å². The fourth-order valence-electron chi connectivity index (χ4n) is 4.02. The van der Waals surface area contributed by atoms with E-state index in [9.17, 15) is 14.4 Å². The molecule has 0 bridgehead atoms. The Bertz CT molecular complexity index is 1170. The molecule has 0 amide bonds. The van der Waals surface area contributed by atoms with Crippen LogP contribution in [0, 0.1) is 0 Å². The molecule has 170 valence electrons. The van der Waals surface area contributed by atoms with E-state index < -0.39 is 41.2 Å². The fraction of sp³-hybridized carbons (Fsp3) is 0.458. The molecule has 0 saturated carbocycles. The Hall–Kier alpha value is -2.81. The molecule has 3 atom stereocenters. The summed E-state index contributed by atoms with van der Waals surface area (Å²) in [5.74, 6) is -1.51.